The molecule has 0 radical (unpaired) electrons. The van der Waals surface area contributed by atoms with E-state index in [4.69, 9.17) is 16.3 Å². The molecule has 2 unspecified atom stereocenters. The first-order valence-electron chi connectivity index (χ1n) is 6.70. The number of nitrogens with one attached hydrogen (secondary N) is 1. The van der Waals surface area contributed by atoms with E-state index in [0.717, 1.165) is 5.69 Å². The number of hydrogen-bond acceptors (Lipinski definition) is 5. The molecule has 21 heavy (non-hydrogen) atoms. The molecule has 2 atom stereocenters. The van der Waals surface area contributed by atoms with E-state index in [2.05, 4.69) is 5.32 Å². The number of ether oxygens (including phenoxy) is 1. The second-order valence-corrected chi connectivity index (χ2v) is 7.87. The van der Waals surface area contributed by atoms with Crippen LogP contribution in [0, 0.1) is 0 Å². The molecule has 0 aliphatic heterocycles. The SMILES string of the molecule is CCOC(=O)C(CCS(=O)(=O)C(C)Cl)Nc1ccccc1. The molecule has 0 saturated heterocycles. The zero-order valence-electron chi connectivity index (χ0n) is 12.1. The molecule has 0 saturated carbocycles. The lowest BCUT2D eigenvalue weighted by atomic mass is 10.2. The van der Waals surface area contributed by atoms with Crippen molar-refractivity contribution in [3.05, 3.63) is 30.3 Å². The maximum atomic E-state index is 11.9. The summed E-state index contributed by atoms with van der Waals surface area (Å²) >= 11 is 5.63. The van der Waals surface area contributed by atoms with Gasteiger partial charge in [-0.05, 0) is 32.4 Å². The Balaban J connectivity index is 2.76. The molecule has 0 aliphatic carbocycles. The number of alkyl halides is 1. The fourth-order valence-electron chi connectivity index (χ4n) is 1.67. The van der Waals surface area contributed by atoms with Crippen molar-refractivity contribution in [3.63, 3.8) is 0 Å². The minimum Gasteiger partial charge on any atom is -0.464 e. The van der Waals surface area contributed by atoms with Gasteiger partial charge in [-0.15, -0.1) is 11.6 Å². The van der Waals surface area contributed by atoms with Crippen LogP contribution in [0.1, 0.15) is 20.3 Å². The van der Waals surface area contributed by atoms with Gasteiger partial charge in [0.15, 0.2) is 9.84 Å². The van der Waals surface area contributed by atoms with Crippen molar-refractivity contribution in [2.24, 2.45) is 0 Å². The van der Waals surface area contributed by atoms with E-state index < -0.39 is 26.6 Å². The van der Waals surface area contributed by atoms with Crippen molar-refractivity contribution in [2.45, 2.75) is 31.0 Å². The van der Waals surface area contributed by atoms with Gasteiger partial charge in [-0.3, -0.25) is 0 Å². The molecule has 1 aromatic rings. The molecule has 0 spiro atoms. The van der Waals surface area contributed by atoms with Crippen LogP contribution in [0.4, 0.5) is 5.69 Å². The van der Waals surface area contributed by atoms with Crippen molar-refractivity contribution in [1.29, 1.82) is 0 Å². The quantitative estimate of drug-likeness (QED) is 0.584. The fraction of sp³-hybridized carbons (Fsp3) is 0.500. The topological polar surface area (TPSA) is 72.5 Å². The Morgan fingerprint density at radius 1 is 1.33 bits per heavy atom. The van der Waals surface area contributed by atoms with Crippen molar-refractivity contribution in [2.75, 3.05) is 17.7 Å². The normalized spacial score (nSPS) is 14.2. The number of carbonyl (C=O) groups excluding carboxylic acids is 1. The van der Waals surface area contributed by atoms with Crippen LogP contribution in [0.3, 0.4) is 0 Å². The molecule has 5 nitrogen and oxygen atoms in total. The number of carbonyl (C=O) groups is 1. The lowest BCUT2D eigenvalue weighted by molar-refractivity contribution is -0.144. The number of rotatable bonds is 8. The van der Waals surface area contributed by atoms with Crippen molar-refractivity contribution in [1.82, 2.24) is 0 Å². The molecular formula is C14H20ClNO4S. The highest BCUT2D eigenvalue weighted by molar-refractivity contribution is 7.93. The highest BCUT2D eigenvalue weighted by atomic mass is 35.5. The number of para-hydroxylation sites is 1. The van der Waals surface area contributed by atoms with Crippen LogP contribution in [0.2, 0.25) is 0 Å². The first-order chi connectivity index (χ1) is 9.86. The second-order valence-electron chi connectivity index (χ2n) is 4.51. The molecule has 0 aliphatic rings. The van der Waals surface area contributed by atoms with Crippen molar-refractivity contribution in [3.8, 4) is 0 Å². The lowest BCUT2D eigenvalue weighted by Gasteiger charge is -2.18. The van der Waals surface area contributed by atoms with E-state index in [1.165, 1.54) is 6.92 Å². The summed E-state index contributed by atoms with van der Waals surface area (Å²) in [5.74, 6) is -0.653. The van der Waals surface area contributed by atoms with Gasteiger partial charge in [-0.25, -0.2) is 13.2 Å². The smallest absolute Gasteiger partial charge is 0.328 e. The Bertz CT molecular complexity index is 545. The first kappa shape index (κ1) is 17.8. The maximum Gasteiger partial charge on any atom is 0.328 e. The third-order valence-corrected chi connectivity index (χ3v) is 5.48. The van der Waals surface area contributed by atoms with Gasteiger partial charge >= 0.3 is 5.97 Å². The minimum atomic E-state index is -3.42. The summed E-state index contributed by atoms with van der Waals surface area (Å²) in [5, 5.41) is 2.99. The average Bonchev–Trinajstić information content (AvgIpc) is 2.44. The lowest BCUT2D eigenvalue weighted by Crippen LogP contribution is -2.34. The number of benzene rings is 1. The third kappa shape index (κ3) is 5.93. The van der Waals surface area contributed by atoms with Gasteiger partial charge in [0.1, 0.15) is 10.8 Å². The first-order valence-corrected chi connectivity index (χ1v) is 8.86. The van der Waals surface area contributed by atoms with Crippen LogP contribution in [-0.2, 0) is 19.4 Å². The summed E-state index contributed by atoms with van der Waals surface area (Å²) in [6.07, 6.45) is 0.104. The van der Waals surface area contributed by atoms with Crippen LogP contribution in [0.25, 0.3) is 0 Å². The zero-order chi connectivity index (χ0) is 15.9. The van der Waals surface area contributed by atoms with Crippen LogP contribution in [-0.4, -0.2) is 37.5 Å². The standard InChI is InChI=1S/C14H20ClNO4S/c1-3-20-14(17)13(9-10-21(18,19)11(2)15)16-12-7-5-4-6-8-12/h4-8,11,13,16H,3,9-10H2,1-2H3. The predicted molar refractivity (Wildman–Crippen MR) is 84.2 cm³/mol. The molecule has 1 rings (SSSR count). The van der Waals surface area contributed by atoms with Gasteiger partial charge in [0.2, 0.25) is 0 Å². The Hall–Kier alpha value is -1.27. The van der Waals surface area contributed by atoms with E-state index in [1.54, 1.807) is 19.1 Å². The highest BCUT2D eigenvalue weighted by Gasteiger charge is 2.25. The summed E-state index contributed by atoms with van der Waals surface area (Å²) in [7, 11) is -3.42. The van der Waals surface area contributed by atoms with Crippen molar-refractivity contribution >= 4 is 33.1 Å². The van der Waals surface area contributed by atoms with E-state index >= 15 is 0 Å². The van der Waals surface area contributed by atoms with Gasteiger partial charge in [-0.1, -0.05) is 18.2 Å². The summed E-state index contributed by atoms with van der Waals surface area (Å²) < 4.78 is 27.5. The van der Waals surface area contributed by atoms with Crippen molar-refractivity contribution < 1.29 is 17.9 Å². The molecule has 1 N–H and O–H groups in total. The predicted octanol–water partition coefficient (Wildman–Crippen LogP) is 2.42. The Morgan fingerprint density at radius 2 is 1.95 bits per heavy atom. The number of hydrogen-bond donors (Lipinski definition) is 1. The van der Waals surface area contributed by atoms with Crippen LogP contribution < -0.4 is 5.32 Å². The average molecular weight is 334 g/mol. The summed E-state index contributed by atoms with van der Waals surface area (Å²) in [4.78, 5) is 11.9. The molecule has 0 fully saturated rings. The monoisotopic (exact) mass is 333 g/mol. The largest absolute Gasteiger partial charge is 0.464 e. The number of halogens is 1. The molecule has 7 heteroatoms. The van der Waals surface area contributed by atoms with E-state index in [1.807, 2.05) is 18.2 Å². The van der Waals surface area contributed by atoms with Gasteiger partial charge < -0.3 is 10.1 Å². The fourth-order valence-corrected chi connectivity index (χ4v) is 2.83. The number of anilines is 1. The van der Waals surface area contributed by atoms with E-state index in [-0.39, 0.29) is 18.8 Å². The Labute approximate surface area is 130 Å². The maximum absolute atomic E-state index is 11.9. The number of sulfone groups is 1. The zero-order valence-corrected chi connectivity index (χ0v) is 13.7. The van der Waals surface area contributed by atoms with Crippen LogP contribution >= 0.6 is 11.6 Å². The molecule has 0 aromatic heterocycles. The van der Waals surface area contributed by atoms with E-state index in [9.17, 15) is 13.2 Å². The summed E-state index contributed by atoms with van der Waals surface area (Å²) in [5.41, 5.74) is 0.729. The highest BCUT2D eigenvalue weighted by Crippen LogP contribution is 2.14. The Morgan fingerprint density at radius 3 is 2.48 bits per heavy atom. The van der Waals surface area contributed by atoms with E-state index in [0.29, 0.717) is 0 Å². The third-order valence-electron chi connectivity index (χ3n) is 2.87. The summed E-state index contributed by atoms with van der Waals surface area (Å²) in [6, 6.07) is 8.36. The van der Waals surface area contributed by atoms with Crippen LogP contribution in [0.5, 0.6) is 0 Å². The number of esters is 1. The van der Waals surface area contributed by atoms with Crippen LogP contribution in [0.15, 0.2) is 30.3 Å². The molecule has 0 bridgehead atoms. The van der Waals surface area contributed by atoms with Gasteiger partial charge in [0, 0.05) is 5.69 Å². The van der Waals surface area contributed by atoms with Gasteiger partial charge in [-0.2, -0.15) is 0 Å². The molecular weight excluding hydrogens is 314 g/mol. The van der Waals surface area contributed by atoms with Gasteiger partial charge in [0.05, 0.1) is 12.4 Å². The molecule has 1 aromatic carbocycles. The minimum absolute atomic E-state index is 0.104. The summed E-state index contributed by atoms with van der Waals surface area (Å²) in [6.45, 7) is 3.35. The second kappa shape index (κ2) is 8.24. The van der Waals surface area contributed by atoms with Gasteiger partial charge in [0.25, 0.3) is 0 Å². The Kier molecular flexibility index (Phi) is 6.98. The molecule has 118 valence electrons. The molecule has 0 heterocycles. The molecule has 0 amide bonds.